The summed E-state index contributed by atoms with van der Waals surface area (Å²) >= 11 is 0. The summed E-state index contributed by atoms with van der Waals surface area (Å²) in [6.45, 7) is 4.98. The highest BCUT2D eigenvalue weighted by Crippen LogP contribution is 2.31. The Balaban J connectivity index is 2.58. The van der Waals surface area contributed by atoms with Crippen molar-refractivity contribution in [1.29, 1.82) is 0 Å². The number of nitrogens with zero attached hydrogens (tertiary/aromatic N) is 1. The molecule has 0 aliphatic rings. The fraction of sp³-hybridized carbons (Fsp3) is 0.556. The largest absolute Gasteiger partial charge is 0.493 e. The monoisotopic (exact) mass is 337 g/mol. The second kappa shape index (κ2) is 12.2. The van der Waals surface area contributed by atoms with Crippen LogP contribution in [0.5, 0.6) is 11.5 Å². The van der Waals surface area contributed by atoms with Crippen LogP contribution in [-0.2, 0) is 9.57 Å². The lowest BCUT2D eigenvalue weighted by Crippen LogP contribution is -2.12. The highest BCUT2D eigenvalue weighted by atomic mass is 16.6. The lowest BCUT2D eigenvalue weighted by Gasteiger charge is -2.14. The van der Waals surface area contributed by atoms with Crippen molar-refractivity contribution in [3.63, 3.8) is 0 Å². The molecule has 0 fully saturated rings. The fourth-order valence-electron chi connectivity index (χ4n) is 1.84. The van der Waals surface area contributed by atoms with Crippen LogP contribution in [0.25, 0.3) is 0 Å². The molecule has 0 radical (unpaired) electrons. The van der Waals surface area contributed by atoms with E-state index in [-0.39, 0.29) is 13.2 Å². The highest BCUT2D eigenvalue weighted by molar-refractivity contribution is 5.93. The number of para-hydroxylation sites is 1. The molecule has 1 rings (SSSR count). The minimum Gasteiger partial charge on any atom is -0.493 e. The van der Waals surface area contributed by atoms with Crippen LogP contribution in [0.2, 0.25) is 0 Å². The van der Waals surface area contributed by atoms with Crippen LogP contribution >= 0.6 is 0 Å². The van der Waals surface area contributed by atoms with Gasteiger partial charge in [0, 0.05) is 6.21 Å². The van der Waals surface area contributed by atoms with E-state index in [1.807, 2.05) is 0 Å². The first-order valence-corrected chi connectivity index (χ1v) is 8.35. The van der Waals surface area contributed by atoms with E-state index >= 15 is 0 Å². The van der Waals surface area contributed by atoms with Gasteiger partial charge in [0.15, 0.2) is 18.1 Å². The fourth-order valence-corrected chi connectivity index (χ4v) is 1.84. The Labute approximate surface area is 143 Å². The molecule has 0 spiro atoms. The van der Waals surface area contributed by atoms with Gasteiger partial charge in [-0.1, -0.05) is 37.9 Å². The molecule has 6 heteroatoms. The van der Waals surface area contributed by atoms with Gasteiger partial charge in [0.1, 0.15) is 12.2 Å². The van der Waals surface area contributed by atoms with Gasteiger partial charge in [-0.15, -0.1) is 0 Å². The number of benzene rings is 1. The first kappa shape index (κ1) is 19.8. The Morgan fingerprint density at radius 1 is 1.17 bits per heavy atom. The molecule has 0 amide bonds. The van der Waals surface area contributed by atoms with Crippen LogP contribution in [0.15, 0.2) is 23.4 Å². The van der Waals surface area contributed by atoms with Crippen LogP contribution in [-0.4, -0.2) is 39.1 Å². The Kier molecular flexibility index (Phi) is 10.1. The van der Waals surface area contributed by atoms with Crippen molar-refractivity contribution < 1.29 is 23.8 Å². The van der Waals surface area contributed by atoms with Crippen molar-refractivity contribution in [2.75, 3.05) is 26.9 Å². The second-order valence-corrected chi connectivity index (χ2v) is 5.08. The summed E-state index contributed by atoms with van der Waals surface area (Å²) in [5.74, 6) is 0.461. The van der Waals surface area contributed by atoms with Gasteiger partial charge in [0.05, 0.1) is 13.7 Å². The summed E-state index contributed by atoms with van der Waals surface area (Å²) in [7, 11) is 1.54. The van der Waals surface area contributed by atoms with Gasteiger partial charge >= 0.3 is 5.97 Å². The number of rotatable bonds is 12. The Morgan fingerprint density at radius 3 is 2.71 bits per heavy atom. The molecular formula is C18H27NO5. The van der Waals surface area contributed by atoms with Gasteiger partial charge in [-0.3, -0.25) is 0 Å². The summed E-state index contributed by atoms with van der Waals surface area (Å²) in [6, 6.07) is 5.14. The van der Waals surface area contributed by atoms with E-state index in [1.165, 1.54) is 0 Å². The van der Waals surface area contributed by atoms with E-state index in [4.69, 9.17) is 19.0 Å². The summed E-state index contributed by atoms with van der Waals surface area (Å²) in [4.78, 5) is 17.3. The van der Waals surface area contributed by atoms with Gasteiger partial charge in [-0.2, -0.15) is 0 Å². The smallest absolute Gasteiger partial charge is 0.342 e. The average molecular weight is 337 g/mol. The molecule has 0 bridgehead atoms. The third-order valence-corrected chi connectivity index (χ3v) is 3.14. The van der Waals surface area contributed by atoms with E-state index in [0.717, 1.165) is 25.7 Å². The number of esters is 1. The molecule has 0 saturated heterocycles. The van der Waals surface area contributed by atoms with E-state index in [1.54, 1.807) is 31.5 Å². The van der Waals surface area contributed by atoms with Gasteiger partial charge in [0.2, 0.25) is 0 Å². The standard InChI is InChI=1S/C18H27NO5/c1-4-6-11-19-24-14-13-23-18(20)15-9-8-10-16(21-3)17(15)22-12-7-5-2/h8-11H,4-7,12-14H2,1-3H3/b19-11+. The summed E-state index contributed by atoms with van der Waals surface area (Å²) in [6.07, 6.45) is 5.48. The normalized spacial score (nSPS) is 10.6. The third-order valence-electron chi connectivity index (χ3n) is 3.14. The van der Waals surface area contributed by atoms with Gasteiger partial charge in [-0.25, -0.2) is 4.79 Å². The summed E-state index contributed by atoms with van der Waals surface area (Å²) in [5, 5.41) is 3.76. The number of hydrogen-bond donors (Lipinski definition) is 0. The first-order chi connectivity index (χ1) is 11.7. The molecule has 0 aliphatic heterocycles. The number of oxime groups is 1. The van der Waals surface area contributed by atoms with Crippen LogP contribution in [0.3, 0.4) is 0 Å². The van der Waals surface area contributed by atoms with Crippen LogP contribution in [0.4, 0.5) is 0 Å². The minimum atomic E-state index is -0.471. The van der Waals surface area contributed by atoms with Crippen molar-refractivity contribution in [2.45, 2.75) is 39.5 Å². The van der Waals surface area contributed by atoms with Gasteiger partial charge < -0.3 is 19.0 Å². The number of carbonyl (C=O) groups excluding carboxylic acids is 1. The zero-order valence-corrected chi connectivity index (χ0v) is 14.7. The quantitative estimate of drug-likeness (QED) is 0.251. The maximum atomic E-state index is 12.2. The maximum absolute atomic E-state index is 12.2. The number of ether oxygens (including phenoxy) is 3. The molecule has 1 aromatic rings. The zero-order valence-electron chi connectivity index (χ0n) is 14.7. The maximum Gasteiger partial charge on any atom is 0.342 e. The number of methoxy groups -OCH3 is 1. The summed E-state index contributed by atoms with van der Waals surface area (Å²) in [5.41, 5.74) is 0.347. The Hall–Kier alpha value is -2.24. The summed E-state index contributed by atoms with van der Waals surface area (Å²) < 4.78 is 16.2. The Morgan fingerprint density at radius 2 is 2.00 bits per heavy atom. The van der Waals surface area contributed by atoms with E-state index in [2.05, 4.69) is 19.0 Å². The molecule has 134 valence electrons. The van der Waals surface area contributed by atoms with Crippen LogP contribution < -0.4 is 9.47 Å². The molecule has 0 N–H and O–H groups in total. The minimum absolute atomic E-state index is 0.119. The molecule has 0 heterocycles. The molecule has 0 unspecified atom stereocenters. The number of unbranched alkanes of at least 4 members (excludes halogenated alkanes) is 2. The molecule has 0 aliphatic carbocycles. The lowest BCUT2D eigenvalue weighted by atomic mass is 10.2. The van der Waals surface area contributed by atoms with E-state index in [0.29, 0.717) is 23.7 Å². The van der Waals surface area contributed by atoms with Crippen molar-refractivity contribution in [1.82, 2.24) is 0 Å². The molecule has 0 atom stereocenters. The topological polar surface area (TPSA) is 66.4 Å². The van der Waals surface area contributed by atoms with E-state index < -0.39 is 5.97 Å². The van der Waals surface area contributed by atoms with Crippen molar-refractivity contribution in [2.24, 2.45) is 5.16 Å². The van der Waals surface area contributed by atoms with E-state index in [9.17, 15) is 4.79 Å². The third kappa shape index (κ3) is 6.89. The molecule has 0 aromatic heterocycles. The Bertz CT molecular complexity index is 516. The average Bonchev–Trinajstić information content (AvgIpc) is 2.61. The lowest BCUT2D eigenvalue weighted by molar-refractivity contribution is 0.0325. The molecule has 6 nitrogen and oxygen atoms in total. The van der Waals surface area contributed by atoms with Crippen LogP contribution in [0, 0.1) is 0 Å². The second-order valence-electron chi connectivity index (χ2n) is 5.08. The molecule has 1 aromatic carbocycles. The molecule has 24 heavy (non-hydrogen) atoms. The van der Waals surface area contributed by atoms with Crippen molar-refractivity contribution in [3.05, 3.63) is 23.8 Å². The highest BCUT2D eigenvalue weighted by Gasteiger charge is 2.18. The zero-order chi connectivity index (χ0) is 17.6. The van der Waals surface area contributed by atoms with Crippen molar-refractivity contribution in [3.8, 4) is 11.5 Å². The molecular weight excluding hydrogens is 310 g/mol. The molecule has 0 saturated carbocycles. The predicted molar refractivity (Wildman–Crippen MR) is 93.0 cm³/mol. The number of hydrogen-bond acceptors (Lipinski definition) is 6. The predicted octanol–water partition coefficient (Wildman–Crippen LogP) is 3.83. The van der Waals surface area contributed by atoms with Crippen LogP contribution in [0.1, 0.15) is 49.9 Å². The number of carbonyl (C=O) groups is 1. The van der Waals surface area contributed by atoms with Crippen molar-refractivity contribution >= 4 is 12.2 Å². The van der Waals surface area contributed by atoms with Gasteiger partial charge in [-0.05, 0) is 25.0 Å². The van der Waals surface area contributed by atoms with Gasteiger partial charge in [0.25, 0.3) is 0 Å². The SMILES string of the molecule is CCC/C=N/OCCOC(=O)c1cccc(OC)c1OCCCC. The first-order valence-electron chi connectivity index (χ1n) is 8.35.